The van der Waals surface area contributed by atoms with E-state index in [4.69, 9.17) is 4.74 Å². The van der Waals surface area contributed by atoms with Crippen molar-refractivity contribution in [2.24, 2.45) is 0 Å². The van der Waals surface area contributed by atoms with Crippen molar-refractivity contribution in [3.8, 4) is 11.3 Å². The van der Waals surface area contributed by atoms with Crippen LogP contribution in [0.3, 0.4) is 0 Å². The molecule has 0 atom stereocenters. The molecule has 0 amide bonds. The Morgan fingerprint density at radius 2 is 1.95 bits per heavy atom. The predicted molar refractivity (Wildman–Crippen MR) is 83.8 cm³/mol. The van der Waals surface area contributed by atoms with E-state index in [9.17, 15) is 9.59 Å². The SMILES string of the molecule is CCOC(=O)c1cnc(=O)[nH]c1-c1cccc2ccccc12. The minimum atomic E-state index is -0.505. The molecule has 1 N–H and O–H groups in total. The topological polar surface area (TPSA) is 72.0 Å². The third-order valence-electron chi connectivity index (χ3n) is 3.37. The molecule has 110 valence electrons. The molecule has 22 heavy (non-hydrogen) atoms. The first-order valence-electron chi connectivity index (χ1n) is 6.95. The number of carbonyl (C=O) groups excluding carboxylic acids is 1. The fraction of sp³-hybridized carbons (Fsp3) is 0.118. The molecule has 3 rings (SSSR count). The molecule has 0 fully saturated rings. The number of nitrogens with zero attached hydrogens (tertiary/aromatic N) is 1. The summed E-state index contributed by atoms with van der Waals surface area (Å²) in [4.78, 5) is 30.0. The van der Waals surface area contributed by atoms with Crippen molar-refractivity contribution in [3.63, 3.8) is 0 Å². The first-order valence-corrected chi connectivity index (χ1v) is 6.95. The number of benzene rings is 2. The van der Waals surface area contributed by atoms with Gasteiger partial charge in [-0.2, -0.15) is 0 Å². The summed E-state index contributed by atoms with van der Waals surface area (Å²) in [6.45, 7) is 1.99. The van der Waals surface area contributed by atoms with E-state index in [1.165, 1.54) is 6.20 Å². The highest BCUT2D eigenvalue weighted by atomic mass is 16.5. The summed E-state index contributed by atoms with van der Waals surface area (Å²) in [5.41, 5.74) is 0.935. The van der Waals surface area contributed by atoms with Gasteiger partial charge in [-0.15, -0.1) is 0 Å². The van der Waals surface area contributed by atoms with Gasteiger partial charge in [-0.25, -0.2) is 14.6 Å². The van der Waals surface area contributed by atoms with Crippen LogP contribution in [0.4, 0.5) is 0 Å². The van der Waals surface area contributed by atoms with E-state index in [1.807, 2.05) is 42.5 Å². The Kier molecular flexibility index (Phi) is 3.70. The lowest BCUT2D eigenvalue weighted by molar-refractivity contribution is 0.0526. The molecule has 0 radical (unpaired) electrons. The monoisotopic (exact) mass is 294 g/mol. The Morgan fingerprint density at radius 3 is 2.77 bits per heavy atom. The van der Waals surface area contributed by atoms with Crippen LogP contribution in [0.25, 0.3) is 22.0 Å². The first-order chi connectivity index (χ1) is 10.7. The standard InChI is InChI=1S/C17H14N2O3/c1-2-22-16(20)14-10-18-17(21)19-15(14)13-9-5-7-11-6-3-4-8-12(11)13/h3-10H,2H2,1H3,(H,18,19,21). The van der Waals surface area contributed by atoms with Gasteiger partial charge in [0.15, 0.2) is 0 Å². The van der Waals surface area contributed by atoms with Gasteiger partial charge in [0.25, 0.3) is 0 Å². The molecule has 1 heterocycles. The number of nitrogens with one attached hydrogen (secondary N) is 1. The van der Waals surface area contributed by atoms with Crippen molar-refractivity contribution in [3.05, 3.63) is 64.7 Å². The van der Waals surface area contributed by atoms with E-state index >= 15 is 0 Å². The van der Waals surface area contributed by atoms with Crippen LogP contribution >= 0.6 is 0 Å². The van der Waals surface area contributed by atoms with E-state index in [1.54, 1.807) is 6.92 Å². The number of hydrogen-bond donors (Lipinski definition) is 1. The van der Waals surface area contributed by atoms with Crippen molar-refractivity contribution in [2.75, 3.05) is 6.61 Å². The summed E-state index contributed by atoms with van der Waals surface area (Å²) in [5.74, 6) is -0.505. The second-order valence-corrected chi connectivity index (χ2v) is 4.72. The van der Waals surface area contributed by atoms with Crippen LogP contribution in [0, 0.1) is 0 Å². The lowest BCUT2D eigenvalue weighted by Gasteiger charge is -2.10. The smallest absolute Gasteiger partial charge is 0.345 e. The van der Waals surface area contributed by atoms with E-state index in [-0.39, 0.29) is 12.2 Å². The summed E-state index contributed by atoms with van der Waals surface area (Å²) in [7, 11) is 0. The molecule has 0 saturated heterocycles. The number of aromatic amines is 1. The second kappa shape index (κ2) is 5.81. The normalized spacial score (nSPS) is 10.6. The predicted octanol–water partition coefficient (Wildman–Crippen LogP) is 2.77. The zero-order chi connectivity index (χ0) is 15.5. The first kappa shape index (κ1) is 14.0. The van der Waals surface area contributed by atoms with Crippen LogP contribution in [0.15, 0.2) is 53.5 Å². The highest BCUT2D eigenvalue weighted by Crippen LogP contribution is 2.28. The van der Waals surface area contributed by atoms with Crippen LogP contribution < -0.4 is 5.69 Å². The number of carbonyl (C=O) groups is 1. The van der Waals surface area contributed by atoms with Crippen LogP contribution in [-0.2, 0) is 4.74 Å². The van der Waals surface area contributed by atoms with Gasteiger partial charge in [0.1, 0.15) is 5.56 Å². The molecule has 0 saturated carbocycles. The average molecular weight is 294 g/mol. The molecule has 0 aliphatic heterocycles. The van der Waals surface area contributed by atoms with Gasteiger partial charge in [0.2, 0.25) is 0 Å². The van der Waals surface area contributed by atoms with Crippen molar-refractivity contribution in [1.82, 2.24) is 9.97 Å². The van der Waals surface area contributed by atoms with Crippen LogP contribution in [0.5, 0.6) is 0 Å². The molecular weight excluding hydrogens is 280 g/mol. The zero-order valence-electron chi connectivity index (χ0n) is 12.0. The van der Waals surface area contributed by atoms with Crippen molar-refractivity contribution < 1.29 is 9.53 Å². The quantitative estimate of drug-likeness (QED) is 0.754. The summed E-state index contributed by atoms with van der Waals surface area (Å²) < 4.78 is 5.04. The van der Waals surface area contributed by atoms with E-state index < -0.39 is 11.7 Å². The van der Waals surface area contributed by atoms with Crippen LogP contribution in [-0.4, -0.2) is 22.5 Å². The number of esters is 1. The number of fused-ring (bicyclic) bond motifs is 1. The molecular formula is C17H14N2O3. The third kappa shape index (κ3) is 2.48. The van der Waals surface area contributed by atoms with Crippen molar-refractivity contribution in [1.29, 1.82) is 0 Å². The molecule has 0 bridgehead atoms. The molecule has 0 spiro atoms. The molecule has 0 aliphatic carbocycles. The Bertz CT molecular complexity index is 894. The number of aromatic nitrogens is 2. The highest BCUT2D eigenvalue weighted by Gasteiger charge is 2.17. The minimum absolute atomic E-state index is 0.248. The summed E-state index contributed by atoms with van der Waals surface area (Å²) in [6, 6.07) is 13.5. The fourth-order valence-electron chi connectivity index (χ4n) is 2.41. The maximum atomic E-state index is 12.1. The average Bonchev–Trinajstić information content (AvgIpc) is 2.54. The van der Waals surface area contributed by atoms with Crippen LogP contribution in [0.2, 0.25) is 0 Å². The minimum Gasteiger partial charge on any atom is -0.462 e. The number of ether oxygens (including phenoxy) is 1. The molecule has 0 aliphatic rings. The van der Waals surface area contributed by atoms with Gasteiger partial charge < -0.3 is 9.72 Å². The Hall–Kier alpha value is -2.95. The highest BCUT2D eigenvalue weighted by molar-refractivity contribution is 6.02. The Morgan fingerprint density at radius 1 is 1.18 bits per heavy atom. The van der Waals surface area contributed by atoms with Gasteiger partial charge in [-0.3, -0.25) is 0 Å². The van der Waals surface area contributed by atoms with Crippen molar-refractivity contribution >= 4 is 16.7 Å². The van der Waals surface area contributed by atoms with E-state index in [0.717, 1.165) is 16.3 Å². The maximum absolute atomic E-state index is 12.1. The van der Waals surface area contributed by atoms with Gasteiger partial charge in [0.05, 0.1) is 12.3 Å². The molecule has 2 aromatic carbocycles. The van der Waals surface area contributed by atoms with E-state index in [2.05, 4.69) is 9.97 Å². The Balaban J connectivity index is 2.28. The van der Waals surface area contributed by atoms with Crippen molar-refractivity contribution in [2.45, 2.75) is 6.92 Å². The Labute approximate surface area is 126 Å². The summed E-state index contributed by atoms with van der Waals surface area (Å²) >= 11 is 0. The maximum Gasteiger partial charge on any atom is 0.345 e. The summed E-state index contributed by atoms with van der Waals surface area (Å²) in [5, 5.41) is 1.96. The number of H-pyrrole nitrogens is 1. The van der Waals surface area contributed by atoms with Gasteiger partial charge in [-0.1, -0.05) is 42.5 Å². The fourth-order valence-corrected chi connectivity index (χ4v) is 2.41. The van der Waals surface area contributed by atoms with Gasteiger partial charge in [-0.05, 0) is 17.7 Å². The zero-order valence-corrected chi connectivity index (χ0v) is 12.0. The largest absolute Gasteiger partial charge is 0.462 e. The molecule has 5 nitrogen and oxygen atoms in total. The van der Waals surface area contributed by atoms with E-state index in [0.29, 0.717) is 5.69 Å². The van der Waals surface area contributed by atoms with Gasteiger partial charge >= 0.3 is 11.7 Å². The number of hydrogen-bond acceptors (Lipinski definition) is 4. The molecule has 1 aromatic heterocycles. The molecule has 5 heteroatoms. The lowest BCUT2D eigenvalue weighted by atomic mass is 9.99. The third-order valence-corrected chi connectivity index (χ3v) is 3.37. The lowest BCUT2D eigenvalue weighted by Crippen LogP contribution is -2.16. The van der Waals surface area contributed by atoms with Crippen LogP contribution in [0.1, 0.15) is 17.3 Å². The summed E-state index contributed by atoms with van der Waals surface area (Å²) in [6.07, 6.45) is 1.26. The van der Waals surface area contributed by atoms with Gasteiger partial charge in [0, 0.05) is 11.8 Å². The molecule has 0 unspecified atom stereocenters. The molecule has 3 aromatic rings. The number of rotatable bonds is 3. The second-order valence-electron chi connectivity index (χ2n) is 4.72.